The first-order valence-electron chi connectivity index (χ1n) is 19.0. The second kappa shape index (κ2) is 33.6. The van der Waals surface area contributed by atoms with Crippen LogP contribution in [0.25, 0.3) is 0 Å². The van der Waals surface area contributed by atoms with Gasteiger partial charge >= 0.3 is 8.56 Å². The highest BCUT2D eigenvalue weighted by Crippen LogP contribution is 2.26. The van der Waals surface area contributed by atoms with Crippen molar-refractivity contribution in [3.05, 3.63) is 0 Å². The van der Waals surface area contributed by atoms with Gasteiger partial charge in [-0.2, -0.15) is 0 Å². The van der Waals surface area contributed by atoms with Gasteiger partial charge in [-0.15, -0.1) is 0 Å². The lowest BCUT2D eigenvalue weighted by Crippen LogP contribution is -2.42. The zero-order valence-electron chi connectivity index (χ0n) is 28.7. The van der Waals surface area contributed by atoms with Crippen LogP contribution in [0.15, 0.2) is 0 Å². The van der Waals surface area contributed by atoms with Gasteiger partial charge in [0.15, 0.2) is 0 Å². The van der Waals surface area contributed by atoms with Crippen LogP contribution in [0.1, 0.15) is 214 Å². The summed E-state index contributed by atoms with van der Waals surface area (Å²) in [6, 6.07) is 2.43. The smallest absolute Gasteiger partial charge is 0.338 e. The number of hydrogen-bond donors (Lipinski definition) is 0. The van der Waals surface area contributed by atoms with E-state index in [1.54, 1.807) is 0 Å². The normalized spacial score (nSPS) is 12.0. The van der Waals surface area contributed by atoms with Crippen molar-refractivity contribution in [2.75, 3.05) is 13.2 Å². The van der Waals surface area contributed by atoms with E-state index in [9.17, 15) is 0 Å². The minimum atomic E-state index is -2.00. The van der Waals surface area contributed by atoms with Crippen LogP contribution >= 0.6 is 0 Å². The number of rotatable bonds is 35. The Hall–Kier alpha value is 0.137. The Labute approximate surface area is 256 Å². The van der Waals surface area contributed by atoms with E-state index in [4.69, 9.17) is 8.85 Å². The summed E-state index contributed by atoms with van der Waals surface area (Å²) in [5.41, 5.74) is 0. The number of unbranched alkanes of at least 4 members (excludes halogenated alkanes) is 27. The van der Waals surface area contributed by atoms with E-state index in [1.165, 1.54) is 198 Å². The van der Waals surface area contributed by atoms with E-state index in [-0.39, 0.29) is 0 Å². The fourth-order valence-corrected chi connectivity index (χ4v) is 9.88. The highest BCUT2D eigenvalue weighted by Gasteiger charge is 2.35. The predicted molar refractivity (Wildman–Crippen MR) is 184 cm³/mol. The van der Waals surface area contributed by atoms with E-state index >= 15 is 0 Å². The Morgan fingerprint density at radius 3 is 0.675 bits per heavy atom. The molecule has 0 unspecified atom stereocenters. The first-order chi connectivity index (χ1) is 19.7. The van der Waals surface area contributed by atoms with E-state index in [2.05, 4.69) is 27.7 Å². The first kappa shape index (κ1) is 40.1. The lowest BCUT2D eigenvalue weighted by Gasteiger charge is -2.30. The van der Waals surface area contributed by atoms with E-state index in [0.29, 0.717) is 0 Å². The molecule has 0 aliphatic rings. The van der Waals surface area contributed by atoms with Gasteiger partial charge in [0.2, 0.25) is 0 Å². The van der Waals surface area contributed by atoms with Crippen LogP contribution in [0, 0.1) is 0 Å². The molecule has 0 aliphatic carbocycles. The number of hydrogen-bond acceptors (Lipinski definition) is 2. The van der Waals surface area contributed by atoms with Gasteiger partial charge in [-0.3, -0.25) is 0 Å². The summed E-state index contributed by atoms with van der Waals surface area (Å²) in [5, 5.41) is 0. The Kier molecular flexibility index (Phi) is 33.8. The van der Waals surface area contributed by atoms with Gasteiger partial charge in [-0.25, -0.2) is 0 Å². The van der Waals surface area contributed by atoms with Gasteiger partial charge in [0, 0.05) is 13.2 Å². The maximum atomic E-state index is 6.41. The molecular weight excluding hydrogens is 504 g/mol. The maximum absolute atomic E-state index is 6.41. The lowest BCUT2D eigenvalue weighted by molar-refractivity contribution is 0.180. The van der Waals surface area contributed by atoms with Crippen LogP contribution in [0.3, 0.4) is 0 Å². The molecule has 0 amide bonds. The average Bonchev–Trinajstić information content (AvgIpc) is 2.95. The van der Waals surface area contributed by atoms with Crippen molar-refractivity contribution in [2.24, 2.45) is 0 Å². The van der Waals surface area contributed by atoms with Gasteiger partial charge in [-0.1, -0.05) is 200 Å². The fraction of sp³-hybridized carbons (Fsp3) is 1.00. The molecule has 0 aromatic rings. The second-order valence-electron chi connectivity index (χ2n) is 12.8. The van der Waals surface area contributed by atoms with Gasteiger partial charge in [-0.05, 0) is 25.9 Å². The van der Waals surface area contributed by atoms with Gasteiger partial charge < -0.3 is 8.85 Å². The molecule has 0 aromatic carbocycles. The SMILES string of the molecule is CCCCCCCCCCCCCCCCCCCC[Si](CCCCCCCCCCCCC)(OCC)OCC. The minimum absolute atomic E-state index is 0.823. The summed E-state index contributed by atoms with van der Waals surface area (Å²) in [5.74, 6) is 0. The topological polar surface area (TPSA) is 18.5 Å². The van der Waals surface area contributed by atoms with Crippen LogP contribution < -0.4 is 0 Å². The van der Waals surface area contributed by atoms with Crippen LogP contribution in [0.2, 0.25) is 12.1 Å². The van der Waals surface area contributed by atoms with Crippen molar-refractivity contribution in [3.8, 4) is 0 Å². The van der Waals surface area contributed by atoms with Crippen molar-refractivity contribution in [2.45, 2.75) is 226 Å². The summed E-state index contributed by atoms with van der Waals surface area (Å²) in [6.07, 6.45) is 41.4. The third kappa shape index (κ3) is 28.3. The molecule has 0 bridgehead atoms. The highest BCUT2D eigenvalue weighted by atomic mass is 28.4. The second-order valence-corrected chi connectivity index (χ2v) is 16.2. The molecule has 0 fully saturated rings. The van der Waals surface area contributed by atoms with Crippen molar-refractivity contribution >= 4 is 8.56 Å². The Morgan fingerprint density at radius 1 is 0.275 bits per heavy atom. The lowest BCUT2D eigenvalue weighted by atomic mass is 10.0. The zero-order valence-corrected chi connectivity index (χ0v) is 29.7. The molecule has 0 radical (unpaired) electrons. The largest absolute Gasteiger partial charge is 0.394 e. The molecule has 0 spiro atoms. The monoisotopic (exact) mass is 583 g/mol. The zero-order chi connectivity index (χ0) is 29.2. The van der Waals surface area contributed by atoms with Crippen molar-refractivity contribution in [1.82, 2.24) is 0 Å². The molecule has 0 atom stereocenters. The van der Waals surface area contributed by atoms with E-state index in [1.807, 2.05) is 0 Å². The first-order valence-corrected chi connectivity index (χ1v) is 21.3. The average molecular weight is 583 g/mol. The highest BCUT2D eigenvalue weighted by molar-refractivity contribution is 6.67. The van der Waals surface area contributed by atoms with E-state index < -0.39 is 8.56 Å². The van der Waals surface area contributed by atoms with E-state index in [0.717, 1.165) is 13.2 Å². The van der Waals surface area contributed by atoms with Crippen molar-refractivity contribution < 1.29 is 8.85 Å². The predicted octanol–water partition coefficient (Wildman–Crippen LogP) is 13.9. The van der Waals surface area contributed by atoms with Crippen LogP contribution in [0.4, 0.5) is 0 Å². The molecule has 0 heterocycles. The third-order valence-corrected chi connectivity index (χ3v) is 12.7. The summed E-state index contributed by atoms with van der Waals surface area (Å²) < 4.78 is 12.8. The van der Waals surface area contributed by atoms with Crippen molar-refractivity contribution in [3.63, 3.8) is 0 Å². The molecule has 0 N–H and O–H groups in total. The maximum Gasteiger partial charge on any atom is 0.338 e. The Morgan fingerprint density at radius 2 is 0.475 bits per heavy atom. The molecule has 0 saturated carbocycles. The molecule has 0 saturated heterocycles. The summed E-state index contributed by atoms with van der Waals surface area (Å²) in [6.45, 7) is 10.6. The minimum Gasteiger partial charge on any atom is -0.394 e. The van der Waals surface area contributed by atoms with Gasteiger partial charge in [0.25, 0.3) is 0 Å². The van der Waals surface area contributed by atoms with Crippen molar-refractivity contribution in [1.29, 1.82) is 0 Å². The molecule has 2 nitrogen and oxygen atoms in total. The molecular formula is C37H78O2Si. The Bertz CT molecular complexity index is 449. The standard InChI is InChI=1S/C37H78O2Si/c1-5-9-11-13-15-17-19-20-21-22-23-24-25-27-29-31-33-35-37-40(38-7-3,39-8-4)36-34-32-30-28-26-18-16-14-12-10-6-2/h5-37H2,1-4H3. The van der Waals surface area contributed by atoms with Gasteiger partial charge in [0.05, 0.1) is 0 Å². The van der Waals surface area contributed by atoms with Crippen LogP contribution in [-0.4, -0.2) is 21.8 Å². The van der Waals surface area contributed by atoms with Crippen LogP contribution in [0.5, 0.6) is 0 Å². The molecule has 3 heteroatoms. The summed E-state index contributed by atoms with van der Waals surface area (Å²) >= 11 is 0. The quantitative estimate of drug-likeness (QED) is 0.0546. The molecule has 242 valence electrons. The molecule has 0 aliphatic heterocycles. The molecule has 0 rings (SSSR count). The molecule has 40 heavy (non-hydrogen) atoms. The third-order valence-electron chi connectivity index (χ3n) is 8.89. The summed E-state index contributed by atoms with van der Waals surface area (Å²) in [4.78, 5) is 0. The Balaban J connectivity index is 3.72. The van der Waals surface area contributed by atoms with Gasteiger partial charge in [0.1, 0.15) is 0 Å². The fourth-order valence-electron chi connectivity index (χ4n) is 6.34. The molecule has 0 aromatic heterocycles. The van der Waals surface area contributed by atoms with Crippen LogP contribution in [-0.2, 0) is 8.85 Å². The summed E-state index contributed by atoms with van der Waals surface area (Å²) in [7, 11) is -2.00.